The molecule has 1 aliphatic rings. The zero-order valence-electron chi connectivity index (χ0n) is 14.3. The number of benzene rings is 2. The number of furan rings is 1. The van der Waals surface area contributed by atoms with Crippen LogP contribution in [0.1, 0.15) is 17.5 Å². The number of nitrogens with one attached hydrogen (secondary N) is 2. The average Bonchev–Trinajstić information content (AvgIpc) is 3.14. The van der Waals surface area contributed by atoms with E-state index in [0.29, 0.717) is 28.4 Å². The van der Waals surface area contributed by atoms with Crippen LogP contribution in [-0.2, 0) is 4.79 Å². The summed E-state index contributed by atoms with van der Waals surface area (Å²) in [5, 5.41) is 5.43. The molecule has 6 nitrogen and oxygen atoms in total. The minimum absolute atomic E-state index is 0.112. The van der Waals surface area contributed by atoms with Gasteiger partial charge < -0.3 is 19.8 Å². The second-order valence-corrected chi connectivity index (χ2v) is 6.09. The SMILES string of the molecule is C[C@H]1Oc2ccc(NC(=O)c3ccc(-c4ccc(F)cc4)o3)cc2NC1=O. The van der Waals surface area contributed by atoms with E-state index in [-0.39, 0.29) is 17.5 Å². The molecule has 2 aromatic carbocycles. The predicted molar refractivity (Wildman–Crippen MR) is 97.2 cm³/mol. The Balaban J connectivity index is 1.51. The van der Waals surface area contributed by atoms with Crippen molar-refractivity contribution < 1.29 is 23.1 Å². The van der Waals surface area contributed by atoms with Gasteiger partial charge in [-0.3, -0.25) is 9.59 Å². The van der Waals surface area contributed by atoms with E-state index in [4.69, 9.17) is 9.15 Å². The van der Waals surface area contributed by atoms with Gasteiger partial charge in [0.25, 0.3) is 11.8 Å². The number of carbonyl (C=O) groups is 2. The summed E-state index contributed by atoms with van der Waals surface area (Å²) in [6.45, 7) is 1.66. The van der Waals surface area contributed by atoms with Gasteiger partial charge in [-0.25, -0.2) is 4.39 Å². The maximum atomic E-state index is 13.0. The Hall–Kier alpha value is -3.61. The first-order valence-electron chi connectivity index (χ1n) is 8.28. The molecule has 0 unspecified atom stereocenters. The maximum absolute atomic E-state index is 13.0. The molecule has 4 rings (SSSR count). The topological polar surface area (TPSA) is 80.6 Å². The largest absolute Gasteiger partial charge is 0.479 e. The molecular weight excluding hydrogens is 351 g/mol. The fourth-order valence-corrected chi connectivity index (χ4v) is 2.71. The van der Waals surface area contributed by atoms with Crippen molar-refractivity contribution in [2.75, 3.05) is 10.6 Å². The molecule has 0 aliphatic carbocycles. The lowest BCUT2D eigenvalue weighted by atomic mass is 10.2. The lowest BCUT2D eigenvalue weighted by molar-refractivity contribution is -0.122. The number of rotatable bonds is 3. The molecule has 0 fully saturated rings. The van der Waals surface area contributed by atoms with Gasteiger partial charge in [-0.05, 0) is 61.5 Å². The van der Waals surface area contributed by atoms with Gasteiger partial charge in [-0.1, -0.05) is 0 Å². The van der Waals surface area contributed by atoms with Crippen molar-refractivity contribution in [3.63, 3.8) is 0 Å². The van der Waals surface area contributed by atoms with Crippen molar-refractivity contribution in [1.29, 1.82) is 0 Å². The van der Waals surface area contributed by atoms with Crippen LogP contribution in [0.25, 0.3) is 11.3 Å². The van der Waals surface area contributed by atoms with Crippen LogP contribution < -0.4 is 15.4 Å². The Morgan fingerprint density at radius 2 is 1.89 bits per heavy atom. The molecule has 3 aromatic rings. The zero-order valence-corrected chi connectivity index (χ0v) is 14.3. The van der Waals surface area contributed by atoms with Crippen LogP contribution in [0, 0.1) is 5.82 Å². The van der Waals surface area contributed by atoms with Crippen molar-refractivity contribution in [2.24, 2.45) is 0 Å². The summed E-state index contributed by atoms with van der Waals surface area (Å²) >= 11 is 0. The third kappa shape index (κ3) is 3.39. The molecule has 1 aliphatic heterocycles. The van der Waals surface area contributed by atoms with Crippen LogP contribution in [0.5, 0.6) is 5.75 Å². The third-order valence-electron chi connectivity index (χ3n) is 4.13. The molecule has 1 aromatic heterocycles. The summed E-state index contributed by atoms with van der Waals surface area (Å²) in [4.78, 5) is 24.1. The van der Waals surface area contributed by atoms with Crippen molar-refractivity contribution in [3.8, 4) is 17.1 Å². The zero-order chi connectivity index (χ0) is 19.0. The highest BCUT2D eigenvalue weighted by molar-refractivity contribution is 6.04. The number of amides is 2. The highest BCUT2D eigenvalue weighted by Gasteiger charge is 2.24. The fourth-order valence-electron chi connectivity index (χ4n) is 2.71. The number of hydrogen-bond donors (Lipinski definition) is 2. The maximum Gasteiger partial charge on any atom is 0.291 e. The quantitative estimate of drug-likeness (QED) is 0.733. The summed E-state index contributed by atoms with van der Waals surface area (Å²) in [5.41, 5.74) is 1.64. The molecule has 0 spiro atoms. The molecule has 2 amide bonds. The summed E-state index contributed by atoms with van der Waals surface area (Å²) in [6, 6.07) is 13.9. The minimum atomic E-state index is -0.564. The molecule has 27 heavy (non-hydrogen) atoms. The summed E-state index contributed by atoms with van der Waals surface area (Å²) in [6.07, 6.45) is -0.564. The van der Waals surface area contributed by atoms with Gasteiger partial charge in [0.05, 0.1) is 5.69 Å². The van der Waals surface area contributed by atoms with Gasteiger partial charge in [0, 0.05) is 11.3 Å². The first-order chi connectivity index (χ1) is 13.0. The first kappa shape index (κ1) is 16.8. The number of carbonyl (C=O) groups excluding carboxylic acids is 2. The molecule has 0 radical (unpaired) electrons. The Morgan fingerprint density at radius 3 is 2.67 bits per heavy atom. The lowest BCUT2D eigenvalue weighted by Crippen LogP contribution is -2.34. The van der Waals surface area contributed by atoms with Gasteiger partial charge in [0.1, 0.15) is 17.3 Å². The van der Waals surface area contributed by atoms with Gasteiger partial charge in [0.15, 0.2) is 11.9 Å². The summed E-state index contributed by atoms with van der Waals surface area (Å²) in [7, 11) is 0. The van der Waals surface area contributed by atoms with Crippen LogP contribution >= 0.6 is 0 Å². The van der Waals surface area contributed by atoms with Crippen LogP contribution in [-0.4, -0.2) is 17.9 Å². The van der Waals surface area contributed by atoms with Crippen molar-refractivity contribution >= 4 is 23.2 Å². The van der Waals surface area contributed by atoms with Crippen LogP contribution in [0.15, 0.2) is 59.0 Å². The first-order valence-corrected chi connectivity index (χ1v) is 8.28. The van der Waals surface area contributed by atoms with Gasteiger partial charge >= 0.3 is 0 Å². The molecular formula is C20H15FN2O4. The lowest BCUT2D eigenvalue weighted by Gasteiger charge is -2.23. The Morgan fingerprint density at radius 1 is 1.11 bits per heavy atom. The minimum Gasteiger partial charge on any atom is -0.479 e. The Bertz CT molecular complexity index is 1030. The van der Waals surface area contributed by atoms with E-state index in [2.05, 4.69) is 10.6 Å². The number of halogens is 1. The highest BCUT2D eigenvalue weighted by Crippen LogP contribution is 2.32. The van der Waals surface area contributed by atoms with Gasteiger partial charge in [-0.2, -0.15) is 0 Å². The normalized spacial score (nSPS) is 15.5. The second kappa shape index (κ2) is 6.60. The van der Waals surface area contributed by atoms with E-state index in [0.717, 1.165) is 0 Å². The van der Waals surface area contributed by atoms with Crippen molar-refractivity contribution in [3.05, 3.63) is 66.2 Å². The Kier molecular flexibility index (Phi) is 4.12. The van der Waals surface area contributed by atoms with E-state index < -0.39 is 12.0 Å². The monoisotopic (exact) mass is 366 g/mol. The average molecular weight is 366 g/mol. The number of ether oxygens (including phenoxy) is 1. The standard InChI is InChI=1S/C20H15FN2O4/c1-11-19(24)23-15-10-14(6-7-17(15)26-11)22-20(25)18-9-8-16(27-18)12-2-4-13(21)5-3-12/h2-11H,1H3,(H,22,25)(H,23,24)/t11-/m1/s1. The van der Waals surface area contributed by atoms with Crippen LogP contribution in [0.2, 0.25) is 0 Å². The Labute approximate surface area is 153 Å². The number of fused-ring (bicyclic) bond motifs is 1. The molecule has 136 valence electrons. The number of hydrogen-bond acceptors (Lipinski definition) is 4. The smallest absolute Gasteiger partial charge is 0.291 e. The number of anilines is 2. The molecule has 7 heteroatoms. The van der Waals surface area contributed by atoms with Gasteiger partial charge in [0.2, 0.25) is 0 Å². The van der Waals surface area contributed by atoms with E-state index in [1.807, 2.05) is 0 Å². The van der Waals surface area contributed by atoms with Crippen molar-refractivity contribution in [1.82, 2.24) is 0 Å². The molecule has 0 saturated heterocycles. The summed E-state index contributed by atoms with van der Waals surface area (Å²) in [5.74, 6) is 0.0692. The molecule has 2 heterocycles. The van der Waals surface area contributed by atoms with Gasteiger partial charge in [-0.15, -0.1) is 0 Å². The summed E-state index contributed by atoms with van der Waals surface area (Å²) < 4.78 is 24.1. The van der Waals surface area contributed by atoms with E-state index in [1.54, 1.807) is 49.4 Å². The van der Waals surface area contributed by atoms with Crippen LogP contribution in [0.3, 0.4) is 0 Å². The molecule has 0 bridgehead atoms. The fraction of sp³-hybridized carbons (Fsp3) is 0.100. The molecule has 1 atom stereocenters. The second-order valence-electron chi connectivity index (χ2n) is 6.09. The van der Waals surface area contributed by atoms with Crippen molar-refractivity contribution in [2.45, 2.75) is 13.0 Å². The highest BCUT2D eigenvalue weighted by atomic mass is 19.1. The molecule has 2 N–H and O–H groups in total. The molecule has 0 saturated carbocycles. The van der Waals surface area contributed by atoms with E-state index in [1.165, 1.54) is 12.1 Å². The third-order valence-corrected chi connectivity index (χ3v) is 4.13. The van der Waals surface area contributed by atoms with E-state index in [9.17, 15) is 14.0 Å². The van der Waals surface area contributed by atoms with Crippen LogP contribution in [0.4, 0.5) is 15.8 Å². The predicted octanol–water partition coefficient (Wildman–Crippen LogP) is 4.06. The van der Waals surface area contributed by atoms with E-state index >= 15 is 0 Å².